The summed E-state index contributed by atoms with van der Waals surface area (Å²) >= 11 is 0. The lowest BCUT2D eigenvalue weighted by Crippen LogP contribution is -2.66. The maximum atomic E-state index is 12.7. The van der Waals surface area contributed by atoms with Crippen molar-refractivity contribution >= 4 is 0 Å². The van der Waals surface area contributed by atoms with Gasteiger partial charge in [0.2, 0.25) is 0 Å². The zero-order valence-corrected chi connectivity index (χ0v) is 47.1. The molecule has 0 spiro atoms. The van der Waals surface area contributed by atoms with Gasteiger partial charge in [0.25, 0.3) is 0 Å². The molecule has 0 aromatic heterocycles. The number of hydrogen-bond donors (Lipinski definition) is 3. The summed E-state index contributed by atoms with van der Waals surface area (Å²) in [4.78, 5) is 0. The fraction of sp³-hybridized carbons (Fsp3) is 0.382. The minimum atomic E-state index is -1.42. The van der Waals surface area contributed by atoms with Crippen molar-refractivity contribution in [1.82, 2.24) is 0 Å². The monoisotopic (exact) mass is 1150 g/mol. The molecule has 3 saturated heterocycles. The summed E-state index contributed by atoms with van der Waals surface area (Å²) in [5, 5.41) is 37.6. The summed E-state index contributed by atoms with van der Waals surface area (Å²) in [5.74, 6) is 0. The van der Waals surface area contributed by atoms with Crippen LogP contribution >= 0.6 is 0 Å². The lowest BCUT2D eigenvalue weighted by molar-refractivity contribution is -0.376. The van der Waals surface area contributed by atoms with Gasteiger partial charge in [-0.3, -0.25) is 0 Å². The van der Waals surface area contributed by atoms with Crippen molar-refractivity contribution in [2.75, 3.05) is 26.9 Å². The highest BCUT2D eigenvalue weighted by molar-refractivity contribution is 5.19. The molecule has 16 nitrogen and oxygen atoms in total. The molecule has 16 heteroatoms. The van der Waals surface area contributed by atoms with Crippen molar-refractivity contribution in [1.29, 1.82) is 0 Å². The van der Waals surface area contributed by atoms with Crippen LogP contribution in [0.5, 0.6) is 0 Å². The van der Waals surface area contributed by atoms with Crippen molar-refractivity contribution in [3.63, 3.8) is 0 Å². The Balaban J connectivity index is 0.970. The molecule has 444 valence electrons. The zero-order chi connectivity index (χ0) is 57.7. The SMILES string of the molecule is CO[C@H]1O[C@H](COC2O[C@H](COCc3ccccc3)[C@@H](OCc3ccccc3)[C@H](O)[C@H]2OCc2ccccc2)[C@@H](OC2O[C@H](COCc3ccccc3)[C@@H](OCc3ccccc3)[C@H](O)[C@H]2OCc2ccccc2)[C@H](OCc2ccccc2)[C@H]1O. The Hall–Kier alpha value is -6.10. The van der Waals surface area contributed by atoms with E-state index < -0.39 is 92.1 Å². The van der Waals surface area contributed by atoms with E-state index >= 15 is 0 Å². The lowest BCUT2D eigenvalue weighted by Gasteiger charge is -2.49. The van der Waals surface area contributed by atoms with Crippen molar-refractivity contribution < 1.29 is 76.9 Å². The van der Waals surface area contributed by atoms with Gasteiger partial charge in [-0.1, -0.05) is 212 Å². The van der Waals surface area contributed by atoms with Crippen LogP contribution in [-0.4, -0.2) is 134 Å². The van der Waals surface area contributed by atoms with Gasteiger partial charge in [0.1, 0.15) is 73.2 Å². The maximum absolute atomic E-state index is 12.7. The fourth-order valence-corrected chi connectivity index (χ4v) is 10.6. The molecule has 7 aromatic carbocycles. The Kier molecular flexibility index (Phi) is 23.1. The molecule has 3 aliphatic heterocycles. The molecule has 10 rings (SSSR count). The van der Waals surface area contributed by atoms with Crippen LogP contribution in [-0.2, 0) is 108 Å². The first-order valence-corrected chi connectivity index (χ1v) is 28.7. The molecule has 7 aromatic rings. The minimum Gasteiger partial charge on any atom is -0.387 e. The van der Waals surface area contributed by atoms with Crippen LogP contribution < -0.4 is 0 Å². The highest BCUT2D eigenvalue weighted by Crippen LogP contribution is 2.36. The van der Waals surface area contributed by atoms with Gasteiger partial charge in [-0.25, -0.2) is 0 Å². The van der Waals surface area contributed by atoms with Crippen molar-refractivity contribution in [3.8, 4) is 0 Å². The Morgan fingerprint density at radius 3 is 0.929 bits per heavy atom. The third kappa shape index (κ3) is 17.1. The molecule has 0 amide bonds. The maximum Gasteiger partial charge on any atom is 0.187 e. The lowest BCUT2D eigenvalue weighted by atomic mass is 9.96. The third-order valence-corrected chi connectivity index (χ3v) is 15.0. The number of rotatable bonds is 29. The number of ether oxygens (including phenoxy) is 13. The van der Waals surface area contributed by atoms with E-state index in [9.17, 15) is 15.3 Å². The van der Waals surface area contributed by atoms with E-state index in [1.807, 2.05) is 212 Å². The van der Waals surface area contributed by atoms with Gasteiger partial charge in [-0.15, -0.1) is 0 Å². The second-order valence-electron chi connectivity index (χ2n) is 21.1. The second-order valence-corrected chi connectivity index (χ2v) is 21.1. The number of methoxy groups -OCH3 is 1. The molecule has 2 unspecified atom stereocenters. The smallest absolute Gasteiger partial charge is 0.187 e. The zero-order valence-electron chi connectivity index (χ0n) is 47.1. The van der Waals surface area contributed by atoms with Gasteiger partial charge < -0.3 is 76.9 Å². The Morgan fingerprint density at radius 1 is 0.286 bits per heavy atom. The van der Waals surface area contributed by atoms with Crippen LogP contribution in [0.25, 0.3) is 0 Å². The van der Waals surface area contributed by atoms with E-state index in [1.165, 1.54) is 7.11 Å². The summed E-state index contributed by atoms with van der Waals surface area (Å²) in [6, 6.07) is 67.5. The molecule has 3 fully saturated rings. The summed E-state index contributed by atoms with van der Waals surface area (Å²) in [6.07, 6.45) is -17.4. The quantitative estimate of drug-likeness (QED) is 0.0405. The van der Waals surface area contributed by atoms with Crippen LogP contribution in [0.3, 0.4) is 0 Å². The van der Waals surface area contributed by atoms with Crippen LogP contribution in [0, 0.1) is 0 Å². The molecule has 3 heterocycles. The highest BCUT2D eigenvalue weighted by Gasteiger charge is 2.54. The largest absolute Gasteiger partial charge is 0.387 e. The van der Waals surface area contributed by atoms with Crippen LogP contribution in [0.2, 0.25) is 0 Å². The van der Waals surface area contributed by atoms with E-state index in [0.717, 1.165) is 38.9 Å². The number of aliphatic hydroxyl groups excluding tert-OH is 3. The molecular weight excluding hydrogens is 1070 g/mol. The highest BCUT2D eigenvalue weighted by atomic mass is 16.8. The summed E-state index contributed by atoms with van der Waals surface area (Å²) in [7, 11) is 1.43. The van der Waals surface area contributed by atoms with Crippen molar-refractivity contribution in [2.24, 2.45) is 0 Å². The van der Waals surface area contributed by atoms with Gasteiger partial charge in [0.15, 0.2) is 18.9 Å². The minimum absolute atomic E-state index is 0.00923. The molecule has 0 bridgehead atoms. The fourth-order valence-electron chi connectivity index (χ4n) is 10.6. The van der Waals surface area contributed by atoms with Crippen LogP contribution in [0.1, 0.15) is 38.9 Å². The van der Waals surface area contributed by atoms with Crippen LogP contribution in [0.4, 0.5) is 0 Å². The van der Waals surface area contributed by atoms with Crippen molar-refractivity contribution in [3.05, 3.63) is 251 Å². The predicted molar refractivity (Wildman–Crippen MR) is 309 cm³/mol. The first-order valence-electron chi connectivity index (χ1n) is 28.7. The standard InChI is InChI=1S/C68H76O16/c1-72-66-59(71)63(77-41-51-31-17-6-18-32-51)62(84-68-65(79-43-53-35-21-8-22-36-53)58(70)61(76-40-50-29-15-5-16-30-50)55(83-68)45-74-38-48-25-11-3-12-26-48)56(81-66)46-80-67-64(78-42-52-33-19-7-20-34-52)57(69)60(75-39-49-27-13-4-14-28-49)54(82-67)44-73-37-47-23-9-2-10-24-47/h2-36,54-71H,37-46H2,1H3/t54-,55-,56-,57+,58+,59-,60-,61-,62-,63-,64-,65-,66+,67?,68?/m1/s1. The molecule has 3 aliphatic rings. The van der Waals surface area contributed by atoms with Crippen molar-refractivity contribution in [2.45, 2.75) is 138 Å². The molecule has 0 saturated carbocycles. The van der Waals surface area contributed by atoms with E-state index in [2.05, 4.69) is 0 Å². The Morgan fingerprint density at radius 2 is 0.571 bits per heavy atom. The van der Waals surface area contributed by atoms with Crippen LogP contribution in [0.15, 0.2) is 212 Å². The average molecular weight is 1150 g/mol. The summed E-state index contributed by atoms with van der Waals surface area (Å²) in [6.45, 7) is 0.800. The Labute approximate surface area is 491 Å². The molecule has 0 radical (unpaired) electrons. The number of benzene rings is 7. The first-order chi connectivity index (χ1) is 41.4. The molecule has 84 heavy (non-hydrogen) atoms. The molecule has 3 N–H and O–H groups in total. The summed E-state index contributed by atoms with van der Waals surface area (Å²) < 4.78 is 86.1. The number of hydrogen-bond acceptors (Lipinski definition) is 16. The van der Waals surface area contributed by atoms with E-state index in [1.54, 1.807) is 0 Å². The Bertz CT molecular complexity index is 2900. The molecule has 0 aliphatic carbocycles. The third-order valence-electron chi connectivity index (χ3n) is 15.0. The predicted octanol–water partition coefficient (Wildman–Crippen LogP) is 8.65. The van der Waals surface area contributed by atoms with E-state index in [4.69, 9.17) is 61.6 Å². The normalized spacial score (nSPS) is 28.0. The van der Waals surface area contributed by atoms with Gasteiger partial charge in [0.05, 0.1) is 66.1 Å². The van der Waals surface area contributed by atoms with Gasteiger partial charge in [-0.2, -0.15) is 0 Å². The number of aliphatic hydroxyl groups is 3. The molecular formula is C68H76O16. The molecule has 15 atom stereocenters. The van der Waals surface area contributed by atoms with Gasteiger partial charge >= 0.3 is 0 Å². The van der Waals surface area contributed by atoms with Gasteiger partial charge in [0, 0.05) is 7.11 Å². The van der Waals surface area contributed by atoms with E-state index in [0.29, 0.717) is 0 Å². The topological polar surface area (TPSA) is 181 Å². The average Bonchev–Trinajstić information content (AvgIpc) is 2.37. The summed E-state index contributed by atoms with van der Waals surface area (Å²) in [5.41, 5.74) is 6.20. The first kappa shape index (κ1) is 61.0. The van der Waals surface area contributed by atoms with E-state index in [-0.39, 0.29) is 66.1 Å². The van der Waals surface area contributed by atoms with Gasteiger partial charge in [-0.05, 0) is 38.9 Å². The second kappa shape index (κ2) is 31.9.